The third kappa shape index (κ3) is 6.89. The first-order valence-electron chi connectivity index (χ1n) is 11.6. The number of aryl methyl sites for hydroxylation is 1. The summed E-state index contributed by atoms with van der Waals surface area (Å²) in [5, 5.41) is 6.01. The molecule has 0 saturated carbocycles. The van der Waals surface area contributed by atoms with Crippen LogP contribution in [0.2, 0.25) is 0 Å². The Hall–Kier alpha value is -2.73. The van der Waals surface area contributed by atoms with E-state index >= 15 is 0 Å². The molecule has 1 aliphatic rings. The summed E-state index contributed by atoms with van der Waals surface area (Å²) in [4.78, 5) is 27.0. The number of hydrogen-bond donors (Lipinski definition) is 2. The van der Waals surface area contributed by atoms with Crippen LogP contribution in [0.4, 0.5) is 4.39 Å². The van der Waals surface area contributed by atoms with Gasteiger partial charge in [0.1, 0.15) is 5.82 Å². The van der Waals surface area contributed by atoms with Crippen molar-refractivity contribution in [3.05, 3.63) is 71.0 Å². The van der Waals surface area contributed by atoms with Gasteiger partial charge in [-0.25, -0.2) is 4.39 Å². The molecule has 0 radical (unpaired) electrons. The van der Waals surface area contributed by atoms with Crippen LogP contribution in [0.25, 0.3) is 0 Å². The molecule has 2 aromatic carbocycles. The number of rotatable bonds is 9. The molecular weight excluding hydrogens is 405 g/mol. The monoisotopic (exact) mass is 439 g/mol. The number of halogens is 1. The summed E-state index contributed by atoms with van der Waals surface area (Å²) in [6.45, 7) is 6.34. The minimum absolute atomic E-state index is 0.00450. The Kier molecular flexibility index (Phi) is 8.80. The minimum atomic E-state index is -0.236. The van der Waals surface area contributed by atoms with E-state index in [0.717, 1.165) is 37.9 Å². The van der Waals surface area contributed by atoms with Gasteiger partial charge in [0.05, 0.1) is 12.6 Å². The molecule has 1 saturated heterocycles. The number of nitrogens with zero attached hydrogens (tertiary/aromatic N) is 1. The molecule has 1 fully saturated rings. The topological polar surface area (TPSA) is 61.4 Å². The fourth-order valence-corrected chi connectivity index (χ4v) is 4.13. The first-order valence-corrected chi connectivity index (χ1v) is 11.6. The van der Waals surface area contributed by atoms with Gasteiger partial charge in [-0.15, -0.1) is 0 Å². The Morgan fingerprint density at radius 2 is 1.78 bits per heavy atom. The van der Waals surface area contributed by atoms with Crippen molar-refractivity contribution >= 4 is 11.8 Å². The maximum absolute atomic E-state index is 13.7. The molecule has 2 aromatic rings. The summed E-state index contributed by atoms with van der Waals surface area (Å²) in [7, 11) is 0. The van der Waals surface area contributed by atoms with Crippen molar-refractivity contribution in [3.8, 4) is 0 Å². The van der Waals surface area contributed by atoms with E-state index in [1.807, 2.05) is 6.92 Å². The third-order valence-electron chi connectivity index (χ3n) is 6.24. The van der Waals surface area contributed by atoms with Gasteiger partial charge in [-0.1, -0.05) is 49.4 Å². The van der Waals surface area contributed by atoms with Crippen LogP contribution in [-0.2, 0) is 22.4 Å². The second-order valence-corrected chi connectivity index (χ2v) is 8.57. The highest BCUT2D eigenvalue weighted by Crippen LogP contribution is 2.18. The fraction of sp³-hybridized carbons (Fsp3) is 0.462. The number of nitrogens with one attached hydrogen (secondary N) is 2. The second kappa shape index (κ2) is 11.8. The first-order chi connectivity index (χ1) is 15.5. The zero-order valence-electron chi connectivity index (χ0n) is 19.1. The smallest absolute Gasteiger partial charge is 0.234 e. The van der Waals surface area contributed by atoms with Gasteiger partial charge in [-0.3, -0.25) is 14.5 Å². The molecular formula is C26H34FN3O2. The summed E-state index contributed by atoms with van der Waals surface area (Å²) >= 11 is 0. The molecule has 1 aliphatic heterocycles. The lowest BCUT2D eigenvalue weighted by Gasteiger charge is -2.31. The zero-order valence-corrected chi connectivity index (χ0v) is 19.1. The molecule has 1 heterocycles. The van der Waals surface area contributed by atoms with E-state index in [0.29, 0.717) is 25.1 Å². The van der Waals surface area contributed by atoms with Gasteiger partial charge in [0.25, 0.3) is 0 Å². The van der Waals surface area contributed by atoms with E-state index in [4.69, 9.17) is 0 Å². The Balaban J connectivity index is 1.36. The van der Waals surface area contributed by atoms with E-state index in [-0.39, 0.29) is 29.6 Å². The van der Waals surface area contributed by atoms with Crippen LogP contribution in [0, 0.1) is 11.7 Å². The number of benzene rings is 2. The van der Waals surface area contributed by atoms with Crippen molar-refractivity contribution < 1.29 is 14.0 Å². The molecule has 2 amide bonds. The summed E-state index contributed by atoms with van der Waals surface area (Å²) in [6, 6.07) is 14.9. The number of likely N-dealkylation sites (tertiary alicyclic amines) is 1. The predicted octanol–water partition coefficient (Wildman–Crippen LogP) is 3.64. The van der Waals surface area contributed by atoms with Gasteiger partial charge in [0.2, 0.25) is 11.8 Å². The van der Waals surface area contributed by atoms with E-state index < -0.39 is 0 Å². The lowest BCUT2D eigenvalue weighted by Crippen LogP contribution is -2.45. The third-order valence-corrected chi connectivity index (χ3v) is 6.24. The van der Waals surface area contributed by atoms with Gasteiger partial charge in [-0.05, 0) is 68.5 Å². The second-order valence-electron chi connectivity index (χ2n) is 8.57. The number of piperidine rings is 1. The van der Waals surface area contributed by atoms with E-state index in [1.54, 1.807) is 18.2 Å². The number of hydrogen-bond acceptors (Lipinski definition) is 3. The van der Waals surface area contributed by atoms with Gasteiger partial charge < -0.3 is 10.6 Å². The van der Waals surface area contributed by atoms with Crippen LogP contribution in [0.3, 0.4) is 0 Å². The molecule has 172 valence electrons. The Morgan fingerprint density at radius 1 is 1.09 bits per heavy atom. The summed E-state index contributed by atoms with van der Waals surface area (Å²) in [6.07, 6.45) is 2.94. The summed E-state index contributed by atoms with van der Waals surface area (Å²) in [5.41, 5.74) is 3.00. The van der Waals surface area contributed by atoms with Crippen molar-refractivity contribution in [1.82, 2.24) is 15.5 Å². The molecule has 3 rings (SSSR count). The Morgan fingerprint density at radius 3 is 2.44 bits per heavy atom. The molecule has 0 aromatic heterocycles. The van der Waals surface area contributed by atoms with Gasteiger partial charge >= 0.3 is 0 Å². The quantitative estimate of drug-likeness (QED) is 0.627. The maximum atomic E-state index is 13.7. The highest BCUT2D eigenvalue weighted by atomic mass is 19.1. The largest absolute Gasteiger partial charge is 0.356 e. The average Bonchev–Trinajstić information content (AvgIpc) is 2.80. The van der Waals surface area contributed by atoms with Gasteiger partial charge in [0, 0.05) is 12.5 Å². The van der Waals surface area contributed by atoms with Crippen molar-refractivity contribution in [2.75, 3.05) is 26.2 Å². The van der Waals surface area contributed by atoms with Gasteiger partial charge in [-0.2, -0.15) is 0 Å². The minimum Gasteiger partial charge on any atom is -0.356 e. The highest BCUT2D eigenvalue weighted by molar-refractivity contribution is 5.79. The molecule has 0 spiro atoms. The molecule has 1 unspecified atom stereocenters. The van der Waals surface area contributed by atoms with E-state index in [1.165, 1.54) is 11.6 Å². The lowest BCUT2D eigenvalue weighted by molar-refractivity contribution is -0.126. The molecule has 6 heteroatoms. The lowest BCUT2D eigenvalue weighted by atomic mass is 9.95. The Bertz CT molecular complexity index is 892. The summed E-state index contributed by atoms with van der Waals surface area (Å²) < 4.78 is 13.7. The number of carbonyl (C=O) groups is 2. The van der Waals surface area contributed by atoms with Crippen LogP contribution >= 0.6 is 0 Å². The van der Waals surface area contributed by atoms with Gasteiger partial charge in [0.15, 0.2) is 0 Å². The highest BCUT2D eigenvalue weighted by Gasteiger charge is 2.26. The molecule has 0 aliphatic carbocycles. The Labute approximate surface area is 190 Å². The SMILES string of the molecule is CCc1ccc(C(C)NC(=O)CN2CCC(C(=O)NCCc3ccccc3F)CC2)cc1. The normalized spacial score (nSPS) is 15.8. The van der Waals surface area contributed by atoms with Crippen LogP contribution < -0.4 is 10.6 Å². The van der Waals surface area contributed by atoms with Crippen molar-refractivity contribution in [2.45, 2.75) is 45.6 Å². The molecule has 5 nitrogen and oxygen atoms in total. The van der Waals surface area contributed by atoms with Crippen molar-refractivity contribution in [2.24, 2.45) is 5.92 Å². The molecule has 32 heavy (non-hydrogen) atoms. The number of carbonyl (C=O) groups excluding carboxylic acids is 2. The van der Waals surface area contributed by atoms with E-state index in [2.05, 4.69) is 46.7 Å². The number of amides is 2. The summed E-state index contributed by atoms with van der Waals surface area (Å²) in [5.74, 6) is -0.258. The molecule has 1 atom stereocenters. The van der Waals surface area contributed by atoms with E-state index in [9.17, 15) is 14.0 Å². The van der Waals surface area contributed by atoms with Crippen LogP contribution in [0.5, 0.6) is 0 Å². The predicted molar refractivity (Wildman–Crippen MR) is 125 cm³/mol. The van der Waals surface area contributed by atoms with Crippen LogP contribution in [-0.4, -0.2) is 42.9 Å². The van der Waals surface area contributed by atoms with Crippen LogP contribution in [0.15, 0.2) is 48.5 Å². The van der Waals surface area contributed by atoms with Crippen LogP contribution in [0.1, 0.15) is 49.4 Å². The first kappa shape index (κ1) is 23.9. The molecule has 2 N–H and O–H groups in total. The molecule has 0 bridgehead atoms. The van der Waals surface area contributed by atoms with Crippen molar-refractivity contribution in [3.63, 3.8) is 0 Å². The average molecular weight is 440 g/mol. The van der Waals surface area contributed by atoms with Crippen molar-refractivity contribution in [1.29, 1.82) is 0 Å². The maximum Gasteiger partial charge on any atom is 0.234 e. The fourth-order valence-electron chi connectivity index (χ4n) is 4.13. The standard InChI is InChI=1S/C26H34FN3O2/c1-3-20-8-10-21(11-9-20)19(2)29-25(31)18-30-16-13-23(14-17-30)26(32)28-15-12-22-6-4-5-7-24(22)27/h4-11,19,23H,3,12-18H2,1-2H3,(H,28,32)(H,29,31). The zero-order chi connectivity index (χ0) is 22.9.